The van der Waals surface area contributed by atoms with Crippen molar-refractivity contribution < 1.29 is 4.79 Å². The molecule has 6 heteroatoms. The molecule has 0 fully saturated rings. The zero-order valence-corrected chi connectivity index (χ0v) is 19.6. The lowest BCUT2D eigenvalue weighted by Gasteiger charge is -2.17. The fraction of sp³-hybridized carbons (Fsp3) is 0.231. The summed E-state index contributed by atoms with van der Waals surface area (Å²) < 4.78 is 2.16. The maximum absolute atomic E-state index is 13.0. The van der Waals surface area contributed by atoms with Crippen molar-refractivity contribution >= 4 is 40.1 Å². The summed E-state index contributed by atoms with van der Waals surface area (Å²) in [6.07, 6.45) is 1.60. The number of rotatable bonds is 7. The second kappa shape index (κ2) is 9.76. The van der Waals surface area contributed by atoms with Crippen LogP contribution in [0.1, 0.15) is 53.6 Å². The number of nitrogens with zero attached hydrogens (tertiary/aromatic N) is 2. The molecule has 3 aromatic carbocycles. The molecule has 0 saturated carbocycles. The minimum absolute atomic E-state index is 0.0298. The Morgan fingerprint density at radius 3 is 2.47 bits per heavy atom. The zero-order chi connectivity index (χ0) is 22.7. The average Bonchev–Trinajstić information content (AvgIpc) is 3.17. The second-order valence-corrected chi connectivity index (χ2v) is 8.58. The summed E-state index contributed by atoms with van der Waals surface area (Å²) in [6, 6.07) is 21.4. The van der Waals surface area contributed by atoms with Gasteiger partial charge in [0.1, 0.15) is 5.82 Å². The molecule has 0 aliphatic carbocycles. The maximum atomic E-state index is 13.0. The molecule has 4 rings (SSSR count). The zero-order valence-electron chi connectivity index (χ0n) is 18.1. The first-order valence-corrected chi connectivity index (χ1v) is 11.5. The van der Waals surface area contributed by atoms with Crippen molar-refractivity contribution in [2.45, 2.75) is 39.3 Å². The Hall–Kier alpha value is -2.82. The molecule has 0 aliphatic heterocycles. The number of aryl methyl sites for hydroxylation is 1. The quantitative estimate of drug-likeness (QED) is 0.324. The second-order valence-electron chi connectivity index (χ2n) is 7.76. The van der Waals surface area contributed by atoms with Gasteiger partial charge in [0.15, 0.2) is 0 Å². The highest BCUT2D eigenvalue weighted by Gasteiger charge is 2.17. The third kappa shape index (κ3) is 4.67. The molecular formula is C26H25Cl2N3O. The molecule has 1 heterocycles. The number of nitrogens with one attached hydrogen (secondary N) is 1. The largest absolute Gasteiger partial charge is 0.345 e. The van der Waals surface area contributed by atoms with Crippen LogP contribution < -0.4 is 5.32 Å². The summed E-state index contributed by atoms with van der Waals surface area (Å²) in [6.45, 7) is 4.78. The standard InChI is InChI=1S/C26H25Cl2N3O/c1-3-22(18-8-6-5-7-9-18)30-26(32)19-11-13-24-23(15-19)29-25(4-2)31(24)16-17-10-12-20(27)21(28)14-17/h5-15,22H,3-4,16H2,1-2H3,(H,30,32)/t22-/m1/s1. The number of fused-ring (bicyclic) bond motifs is 1. The molecule has 0 radical (unpaired) electrons. The van der Waals surface area contributed by atoms with Crippen LogP contribution in [0.3, 0.4) is 0 Å². The number of carbonyl (C=O) groups excluding carboxylic acids is 1. The molecule has 0 aliphatic rings. The van der Waals surface area contributed by atoms with Crippen LogP contribution in [0.2, 0.25) is 10.0 Å². The average molecular weight is 466 g/mol. The van der Waals surface area contributed by atoms with Gasteiger partial charge in [0, 0.05) is 18.5 Å². The first-order valence-electron chi connectivity index (χ1n) is 10.8. The normalized spacial score (nSPS) is 12.1. The number of benzene rings is 3. The van der Waals surface area contributed by atoms with Crippen LogP contribution in [0.25, 0.3) is 11.0 Å². The molecule has 1 N–H and O–H groups in total. The van der Waals surface area contributed by atoms with Gasteiger partial charge in [-0.05, 0) is 47.9 Å². The van der Waals surface area contributed by atoms with E-state index in [0.29, 0.717) is 22.2 Å². The SMILES string of the molecule is CCc1nc2cc(C(=O)N[C@H](CC)c3ccccc3)ccc2n1Cc1ccc(Cl)c(Cl)c1. The van der Waals surface area contributed by atoms with Gasteiger partial charge in [-0.3, -0.25) is 4.79 Å². The van der Waals surface area contributed by atoms with E-state index in [0.717, 1.165) is 40.8 Å². The molecule has 164 valence electrons. The fourth-order valence-corrected chi connectivity index (χ4v) is 4.26. The van der Waals surface area contributed by atoms with Crippen molar-refractivity contribution in [1.82, 2.24) is 14.9 Å². The Morgan fingerprint density at radius 2 is 1.78 bits per heavy atom. The number of amides is 1. The lowest BCUT2D eigenvalue weighted by atomic mass is 10.0. The Labute approximate surface area is 198 Å². The highest BCUT2D eigenvalue weighted by Crippen LogP contribution is 2.25. The van der Waals surface area contributed by atoms with Crippen LogP contribution in [0.5, 0.6) is 0 Å². The molecule has 0 bridgehead atoms. The van der Waals surface area contributed by atoms with E-state index in [4.69, 9.17) is 28.2 Å². The van der Waals surface area contributed by atoms with Gasteiger partial charge >= 0.3 is 0 Å². The van der Waals surface area contributed by atoms with Crippen LogP contribution in [-0.4, -0.2) is 15.5 Å². The fourth-order valence-electron chi connectivity index (χ4n) is 3.94. The lowest BCUT2D eigenvalue weighted by Crippen LogP contribution is -2.28. The van der Waals surface area contributed by atoms with Gasteiger partial charge in [0.25, 0.3) is 5.91 Å². The highest BCUT2D eigenvalue weighted by molar-refractivity contribution is 6.42. The number of halogens is 2. The van der Waals surface area contributed by atoms with Gasteiger partial charge in [0.05, 0.1) is 27.1 Å². The van der Waals surface area contributed by atoms with Crippen LogP contribution in [0.4, 0.5) is 0 Å². The van der Waals surface area contributed by atoms with Crippen molar-refractivity contribution in [2.24, 2.45) is 0 Å². The minimum atomic E-state index is -0.0975. The van der Waals surface area contributed by atoms with Crippen molar-refractivity contribution in [1.29, 1.82) is 0 Å². The van der Waals surface area contributed by atoms with Gasteiger partial charge in [0.2, 0.25) is 0 Å². The van der Waals surface area contributed by atoms with E-state index in [-0.39, 0.29) is 11.9 Å². The number of hydrogen-bond acceptors (Lipinski definition) is 2. The Morgan fingerprint density at radius 1 is 1.00 bits per heavy atom. The summed E-state index contributed by atoms with van der Waals surface area (Å²) in [5.74, 6) is 0.860. The molecule has 0 saturated heterocycles. The van der Waals surface area contributed by atoms with Gasteiger partial charge in [-0.2, -0.15) is 0 Å². The van der Waals surface area contributed by atoms with E-state index in [2.05, 4.69) is 23.7 Å². The number of imidazole rings is 1. The summed E-state index contributed by atoms with van der Waals surface area (Å²) >= 11 is 12.3. The first kappa shape index (κ1) is 22.4. The predicted molar refractivity (Wildman–Crippen MR) is 132 cm³/mol. The summed E-state index contributed by atoms with van der Waals surface area (Å²) in [5, 5.41) is 4.23. The van der Waals surface area contributed by atoms with Crippen LogP contribution in [0.15, 0.2) is 66.7 Å². The number of hydrogen-bond donors (Lipinski definition) is 1. The van der Waals surface area contributed by atoms with Crippen molar-refractivity contribution in [3.8, 4) is 0 Å². The first-order chi connectivity index (χ1) is 15.5. The highest BCUT2D eigenvalue weighted by atomic mass is 35.5. The smallest absolute Gasteiger partial charge is 0.251 e. The van der Waals surface area contributed by atoms with Crippen molar-refractivity contribution in [2.75, 3.05) is 0 Å². The topological polar surface area (TPSA) is 46.9 Å². The predicted octanol–water partition coefficient (Wildman–Crippen LogP) is 6.83. The van der Waals surface area contributed by atoms with Crippen molar-refractivity contribution in [3.63, 3.8) is 0 Å². The number of aromatic nitrogens is 2. The van der Waals surface area contributed by atoms with Crippen molar-refractivity contribution in [3.05, 3.63) is 99.3 Å². The molecule has 0 unspecified atom stereocenters. The molecular weight excluding hydrogens is 441 g/mol. The third-order valence-corrected chi connectivity index (χ3v) is 6.38. The Balaban J connectivity index is 1.61. The molecule has 4 aromatic rings. The molecule has 0 spiro atoms. The molecule has 32 heavy (non-hydrogen) atoms. The van der Waals surface area contributed by atoms with E-state index in [1.54, 1.807) is 0 Å². The minimum Gasteiger partial charge on any atom is -0.345 e. The Bertz CT molecular complexity index is 1250. The third-order valence-electron chi connectivity index (χ3n) is 5.65. The van der Waals surface area contributed by atoms with E-state index in [1.807, 2.05) is 66.7 Å². The van der Waals surface area contributed by atoms with E-state index in [9.17, 15) is 4.79 Å². The van der Waals surface area contributed by atoms with Gasteiger partial charge < -0.3 is 9.88 Å². The summed E-state index contributed by atoms with van der Waals surface area (Å²) in [5.41, 5.74) is 4.54. The monoisotopic (exact) mass is 465 g/mol. The van der Waals surface area contributed by atoms with Crippen LogP contribution >= 0.6 is 23.2 Å². The number of carbonyl (C=O) groups is 1. The van der Waals surface area contributed by atoms with E-state index >= 15 is 0 Å². The summed E-state index contributed by atoms with van der Waals surface area (Å²) in [7, 11) is 0. The van der Waals surface area contributed by atoms with E-state index < -0.39 is 0 Å². The van der Waals surface area contributed by atoms with Gasteiger partial charge in [-0.1, -0.05) is 73.4 Å². The Kier molecular flexibility index (Phi) is 6.83. The van der Waals surface area contributed by atoms with Gasteiger partial charge in [-0.25, -0.2) is 4.98 Å². The van der Waals surface area contributed by atoms with E-state index in [1.165, 1.54) is 0 Å². The van der Waals surface area contributed by atoms with Gasteiger partial charge in [-0.15, -0.1) is 0 Å². The molecule has 4 nitrogen and oxygen atoms in total. The van der Waals surface area contributed by atoms with Crippen LogP contribution in [-0.2, 0) is 13.0 Å². The lowest BCUT2D eigenvalue weighted by molar-refractivity contribution is 0.0935. The molecule has 1 atom stereocenters. The maximum Gasteiger partial charge on any atom is 0.251 e. The molecule has 1 amide bonds. The molecule has 1 aromatic heterocycles. The van der Waals surface area contributed by atoms with Crippen LogP contribution in [0, 0.1) is 0 Å². The summed E-state index contributed by atoms with van der Waals surface area (Å²) in [4.78, 5) is 17.8.